The van der Waals surface area contributed by atoms with E-state index in [9.17, 15) is 9.90 Å². The quantitative estimate of drug-likeness (QED) is 0.398. The van der Waals surface area contributed by atoms with E-state index in [2.05, 4.69) is 5.32 Å². The minimum absolute atomic E-state index is 0.000880. The number of hydrogen-bond acceptors (Lipinski definition) is 5. The van der Waals surface area contributed by atoms with Crippen LogP contribution in [0, 0.1) is 17.8 Å². The first-order valence-electron chi connectivity index (χ1n) is 6.55. The molecule has 0 unspecified atom stereocenters. The summed E-state index contributed by atoms with van der Waals surface area (Å²) in [5.41, 5.74) is 5.03. The third-order valence-electron chi connectivity index (χ3n) is 4.60. The van der Waals surface area contributed by atoms with Crippen molar-refractivity contribution in [1.29, 1.82) is 0 Å². The lowest BCUT2D eigenvalue weighted by Crippen LogP contribution is -2.57. The SMILES string of the molecule is N[C@]1(C(=O)O)[C@@H](CCCB(O)O)C[C@H]2CNC[C@H]21. The smallest absolute Gasteiger partial charge is 0.451 e. The van der Waals surface area contributed by atoms with Crippen LogP contribution < -0.4 is 11.1 Å². The van der Waals surface area contributed by atoms with Gasteiger partial charge in [-0.15, -0.1) is 0 Å². The molecule has 2 fully saturated rings. The van der Waals surface area contributed by atoms with E-state index in [1.165, 1.54) is 0 Å². The van der Waals surface area contributed by atoms with Crippen LogP contribution in [0.4, 0.5) is 0 Å². The highest BCUT2D eigenvalue weighted by Gasteiger charge is 2.58. The van der Waals surface area contributed by atoms with Crippen LogP contribution in [0.25, 0.3) is 0 Å². The van der Waals surface area contributed by atoms with Crippen LogP contribution in [0.5, 0.6) is 0 Å². The summed E-state index contributed by atoms with van der Waals surface area (Å²) >= 11 is 0. The second-order valence-corrected chi connectivity index (χ2v) is 5.61. The molecule has 6 nitrogen and oxygen atoms in total. The van der Waals surface area contributed by atoms with Crippen LogP contribution in [-0.2, 0) is 4.79 Å². The van der Waals surface area contributed by atoms with Gasteiger partial charge in [0.1, 0.15) is 5.54 Å². The molecule has 0 aromatic heterocycles. The fraction of sp³-hybridized carbons (Fsp3) is 0.909. The molecule has 0 bridgehead atoms. The van der Waals surface area contributed by atoms with Crippen LogP contribution in [0.2, 0.25) is 6.32 Å². The van der Waals surface area contributed by atoms with Gasteiger partial charge in [-0.25, -0.2) is 0 Å². The lowest BCUT2D eigenvalue weighted by Gasteiger charge is -2.31. The fourth-order valence-electron chi connectivity index (χ4n) is 3.64. The van der Waals surface area contributed by atoms with Crippen molar-refractivity contribution in [2.45, 2.75) is 31.1 Å². The van der Waals surface area contributed by atoms with Crippen LogP contribution in [0.15, 0.2) is 0 Å². The first kappa shape index (κ1) is 13.8. The summed E-state index contributed by atoms with van der Waals surface area (Å²) in [5, 5.41) is 30.3. The molecule has 0 aromatic carbocycles. The Labute approximate surface area is 107 Å². The average Bonchev–Trinajstić information content (AvgIpc) is 2.82. The highest BCUT2D eigenvalue weighted by molar-refractivity contribution is 6.40. The van der Waals surface area contributed by atoms with Gasteiger partial charge < -0.3 is 26.2 Å². The standard InChI is InChI=1S/C11H21BN2O4/c13-11(10(15)16)8(2-1-3-12(17)18)4-7-5-14-6-9(7)11/h7-9,14,17-18H,1-6,13H2,(H,15,16)/t7-,8-,9+,11+/m0/s1. The van der Waals surface area contributed by atoms with E-state index in [1.807, 2.05) is 0 Å². The largest absolute Gasteiger partial charge is 0.480 e. The second-order valence-electron chi connectivity index (χ2n) is 5.61. The molecule has 7 heteroatoms. The predicted octanol–water partition coefficient (Wildman–Crippen LogP) is -1.12. The molecule has 1 aliphatic heterocycles. The van der Waals surface area contributed by atoms with E-state index in [-0.39, 0.29) is 18.2 Å². The molecule has 1 aliphatic carbocycles. The number of nitrogens with one attached hydrogen (secondary N) is 1. The van der Waals surface area contributed by atoms with Crippen molar-refractivity contribution in [3.05, 3.63) is 0 Å². The van der Waals surface area contributed by atoms with E-state index >= 15 is 0 Å². The summed E-state index contributed by atoms with van der Waals surface area (Å²) in [7, 11) is -1.32. The Balaban J connectivity index is 2.03. The monoisotopic (exact) mass is 256 g/mol. The van der Waals surface area contributed by atoms with E-state index in [0.717, 1.165) is 13.0 Å². The van der Waals surface area contributed by atoms with Crippen molar-refractivity contribution in [2.75, 3.05) is 13.1 Å². The predicted molar refractivity (Wildman–Crippen MR) is 66.7 cm³/mol. The van der Waals surface area contributed by atoms with Gasteiger partial charge in [0.2, 0.25) is 0 Å². The summed E-state index contributed by atoms with van der Waals surface area (Å²) in [6.07, 6.45) is 2.34. The number of aliphatic carboxylic acids is 1. The lowest BCUT2D eigenvalue weighted by atomic mass is 9.76. The number of carbonyl (C=O) groups is 1. The molecular formula is C11H21BN2O4. The van der Waals surface area contributed by atoms with Gasteiger partial charge in [-0.05, 0) is 37.5 Å². The summed E-state index contributed by atoms with van der Waals surface area (Å²) in [4.78, 5) is 11.5. The van der Waals surface area contributed by atoms with E-state index in [1.54, 1.807) is 0 Å². The molecule has 4 atom stereocenters. The molecule has 0 spiro atoms. The van der Waals surface area contributed by atoms with Crippen molar-refractivity contribution in [3.8, 4) is 0 Å². The average molecular weight is 256 g/mol. The molecule has 0 aromatic rings. The van der Waals surface area contributed by atoms with E-state index < -0.39 is 18.6 Å². The van der Waals surface area contributed by atoms with Gasteiger partial charge in [0.25, 0.3) is 0 Å². The minimum atomic E-state index is -1.32. The van der Waals surface area contributed by atoms with Gasteiger partial charge in [-0.1, -0.05) is 6.42 Å². The van der Waals surface area contributed by atoms with Gasteiger partial charge in [-0.3, -0.25) is 4.79 Å². The number of hydrogen-bond donors (Lipinski definition) is 5. The summed E-state index contributed by atoms with van der Waals surface area (Å²) in [5.74, 6) is -0.645. The molecule has 1 heterocycles. The van der Waals surface area contributed by atoms with Crippen LogP contribution in [0.1, 0.15) is 19.3 Å². The Bertz CT molecular complexity index is 328. The first-order chi connectivity index (χ1) is 8.46. The van der Waals surface area contributed by atoms with Crippen LogP contribution in [-0.4, -0.2) is 46.9 Å². The summed E-state index contributed by atoms with van der Waals surface area (Å²) in [6, 6.07) is 0. The molecule has 18 heavy (non-hydrogen) atoms. The molecule has 0 radical (unpaired) electrons. The van der Waals surface area contributed by atoms with Gasteiger partial charge in [0.05, 0.1) is 0 Å². The van der Waals surface area contributed by atoms with Gasteiger partial charge in [0.15, 0.2) is 0 Å². The normalized spacial score (nSPS) is 38.7. The number of nitrogens with two attached hydrogens (primary N) is 1. The molecule has 6 N–H and O–H groups in total. The third-order valence-corrected chi connectivity index (χ3v) is 4.60. The molecule has 0 amide bonds. The number of fused-ring (bicyclic) bond motifs is 1. The van der Waals surface area contributed by atoms with Crippen molar-refractivity contribution in [3.63, 3.8) is 0 Å². The van der Waals surface area contributed by atoms with Crippen molar-refractivity contribution in [2.24, 2.45) is 23.5 Å². The van der Waals surface area contributed by atoms with Crippen molar-refractivity contribution >= 4 is 13.1 Å². The van der Waals surface area contributed by atoms with E-state index in [0.29, 0.717) is 25.3 Å². The zero-order valence-electron chi connectivity index (χ0n) is 10.4. The minimum Gasteiger partial charge on any atom is -0.480 e. The number of carboxylic acid groups (broad SMARTS) is 1. The molecule has 2 rings (SSSR count). The van der Waals surface area contributed by atoms with Crippen molar-refractivity contribution < 1.29 is 19.9 Å². The maximum absolute atomic E-state index is 11.5. The maximum Gasteiger partial charge on any atom is 0.451 e. The molecule has 102 valence electrons. The van der Waals surface area contributed by atoms with Gasteiger partial charge in [0, 0.05) is 12.5 Å². The van der Waals surface area contributed by atoms with Gasteiger partial charge >= 0.3 is 13.1 Å². The zero-order valence-corrected chi connectivity index (χ0v) is 10.4. The second kappa shape index (κ2) is 5.17. The molecule has 2 aliphatic rings. The van der Waals surface area contributed by atoms with Crippen molar-refractivity contribution in [1.82, 2.24) is 5.32 Å². The third kappa shape index (κ3) is 2.27. The highest BCUT2D eigenvalue weighted by Crippen LogP contribution is 2.47. The Morgan fingerprint density at radius 2 is 2.17 bits per heavy atom. The van der Waals surface area contributed by atoms with Crippen LogP contribution >= 0.6 is 0 Å². The van der Waals surface area contributed by atoms with Gasteiger partial charge in [-0.2, -0.15) is 0 Å². The summed E-state index contributed by atoms with van der Waals surface area (Å²) < 4.78 is 0. The zero-order chi connectivity index (χ0) is 13.3. The van der Waals surface area contributed by atoms with Crippen LogP contribution in [0.3, 0.4) is 0 Å². The Morgan fingerprint density at radius 3 is 2.78 bits per heavy atom. The fourth-order valence-corrected chi connectivity index (χ4v) is 3.64. The lowest BCUT2D eigenvalue weighted by molar-refractivity contribution is -0.146. The molecular weight excluding hydrogens is 235 g/mol. The first-order valence-corrected chi connectivity index (χ1v) is 6.55. The highest BCUT2D eigenvalue weighted by atomic mass is 16.4. The Hall–Kier alpha value is -0.625. The Kier molecular flexibility index (Phi) is 3.96. The Morgan fingerprint density at radius 1 is 1.44 bits per heavy atom. The topological polar surface area (TPSA) is 116 Å². The molecule has 1 saturated heterocycles. The number of carboxylic acids is 1. The number of rotatable bonds is 5. The van der Waals surface area contributed by atoms with E-state index in [4.69, 9.17) is 15.8 Å². The summed E-state index contributed by atoms with van der Waals surface area (Å²) in [6.45, 7) is 1.52. The molecule has 1 saturated carbocycles. The maximum atomic E-state index is 11.5.